The van der Waals surface area contributed by atoms with E-state index in [2.05, 4.69) is 10.3 Å². The zero-order valence-corrected chi connectivity index (χ0v) is 11.2. The van der Waals surface area contributed by atoms with Crippen LogP contribution in [0, 0.1) is 0 Å². The molecule has 0 amide bonds. The van der Waals surface area contributed by atoms with Gasteiger partial charge in [0.1, 0.15) is 18.1 Å². The Morgan fingerprint density at radius 1 is 1.00 bits per heavy atom. The molecule has 0 aliphatic carbocycles. The van der Waals surface area contributed by atoms with Crippen molar-refractivity contribution in [2.45, 2.75) is 13.2 Å². The second kappa shape index (κ2) is 6.75. The van der Waals surface area contributed by atoms with Crippen molar-refractivity contribution in [1.82, 2.24) is 10.3 Å². The van der Waals surface area contributed by atoms with E-state index in [1.807, 2.05) is 49.5 Å². The molecule has 1 aromatic carbocycles. The molecule has 4 heteroatoms. The fourth-order valence-corrected chi connectivity index (χ4v) is 1.72. The van der Waals surface area contributed by atoms with Crippen LogP contribution in [-0.2, 0) is 13.2 Å². The summed E-state index contributed by atoms with van der Waals surface area (Å²) in [5, 5.41) is 3.08. The lowest BCUT2D eigenvalue weighted by Crippen LogP contribution is -2.08. The highest BCUT2D eigenvalue weighted by atomic mass is 16.5. The van der Waals surface area contributed by atoms with E-state index in [9.17, 15) is 0 Å². The average molecular weight is 258 g/mol. The van der Waals surface area contributed by atoms with E-state index in [1.54, 1.807) is 7.11 Å². The van der Waals surface area contributed by atoms with Crippen molar-refractivity contribution in [3.8, 4) is 11.5 Å². The van der Waals surface area contributed by atoms with Crippen LogP contribution in [0.25, 0.3) is 0 Å². The second-order valence-corrected chi connectivity index (χ2v) is 4.11. The lowest BCUT2D eigenvalue weighted by Gasteiger charge is -2.08. The SMILES string of the molecule is CNCc1cccc(COc2ccc(OC)cc2)n1. The fraction of sp³-hybridized carbons (Fsp3) is 0.267. The minimum atomic E-state index is 0.462. The number of methoxy groups -OCH3 is 1. The molecular weight excluding hydrogens is 240 g/mol. The topological polar surface area (TPSA) is 43.4 Å². The summed E-state index contributed by atoms with van der Waals surface area (Å²) in [6.45, 7) is 1.22. The summed E-state index contributed by atoms with van der Waals surface area (Å²) < 4.78 is 10.8. The quantitative estimate of drug-likeness (QED) is 0.864. The predicted molar refractivity (Wildman–Crippen MR) is 74.3 cm³/mol. The summed E-state index contributed by atoms with van der Waals surface area (Å²) in [6.07, 6.45) is 0. The Kier molecular flexibility index (Phi) is 4.75. The molecule has 0 aliphatic heterocycles. The number of pyridine rings is 1. The fourth-order valence-electron chi connectivity index (χ4n) is 1.72. The van der Waals surface area contributed by atoms with E-state index in [-0.39, 0.29) is 0 Å². The van der Waals surface area contributed by atoms with Gasteiger partial charge in [0, 0.05) is 6.54 Å². The van der Waals surface area contributed by atoms with Gasteiger partial charge in [0.2, 0.25) is 0 Å². The van der Waals surface area contributed by atoms with Crippen LogP contribution in [0.3, 0.4) is 0 Å². The largest absolute Gasteiger partial charge is 0.497 e. The van der Waals surface area contributed by atoms with Crippen molar-refractivity contribution < 1.29 is 9.47 Å². The van der Waals surface area contributed by atoms with Crippen molar-refractivity contribution in [3.63, 3.8) is 0 Å². The number of aromatic nitrogens is 1. The number of hydrogen-bond donors (Lipinski definition) is 1. The monoisotopic (exact) mass is 258 g/mol. The Bertz CT molecular complexity index is 512. The molecule has 1 aromatic heterocycles. The number of nitrogens with one attached hydrogen (secondary N) is 1. The predicted octanol–water partition coefficient (Wildman–Crippen LogP) is 2.39. The third kappa shape index (κ3) is 3.96. The summed E-state index contributed by atoms with van der Waals surface area (Å²) in [5.41, 5.74) is 1.93. The summed E-state index contributed by atoms with van der Waals surface area (Å²) in [5.74, 6) is 1.63. The van der Waals surface area contributed by atoms with Crippen LogP contribution in [0.5, 0.6) is 11.5 Å². The van der Waals surface area contributed by atoms with Crippen LogP contribution in [0.1, 0.15) is 11.4 Å². The molecule has 0 spiro atoms. The molecule has 4 nitrogen and oxygen atoms in total. The molecule has 0 atom stereocenters. The van der Waals surface area contributed by atoms with Crippen LogP contribution in [0.4, 0.5) is 0 Å². The van der Waals surface area contributed by atoms with E-state index in [1.165, 1.54) is 0 Å². The van der Waals surface area contributed by atoms with Crippen LogP contribution >= 0.6 is 0 Å². The Morgan fingerprint density at radius 3 is 2.37 bits per heavy atom. The van der Waals surface area contributed by atoms with E-state index in [4.69, 9.17) is 9.47 Å². The first kappa shape index (κ1) is 13.4. The Hall–Kier alpha value is -2.07. The molecule has 0 saturated carbocycles. The van der Waals surface area contributed by atoms with Crippen LogP contribution in [0.2, 0.25) is 0 Å². The molecular formula is C15H18N2O2. The van der Waals surface area contributed by atoms with E-state index in [0.717, 1.165) is 29.4 Å². The maximum absolute atomic E-state index is 5.69. The Balaban J connectivity index is 1.95. The Labute approximate surface area is 113 Å². The van der Waals surface area contributed by atoms with Gasteiger partial charge in [0.15, 0.2) is 0 Å². The lowest BCUT2D eigenvalue weighted by atomic mass is 10.3. The molecule has 0 saturated heterocycles. The number of hydrogen-bond acceptors (Lipinski definition) is 4. The third-order valence-corrected chi connectivity index (χ3v) is 2.67. The standard InChI is InChI=1S/C15H18N2O2/c1-16-10-12-4-3-5-13(17-12)11-19-15-8-6-14(18-2)7-9-15/h3-9,16H,10-11H2,1-2H3. The molecule has 2 rings (SSSR count). The molecule has 1 N–H and O–H groups in total. The van der Waals surface area contributed by atoms with E-state index in [0.29, 0.717) is 6.61 Å². The summed E-state index contributed by atoms with van der Waals surface area (Å²) in [4.78, 5) is 4.50. The van der Waals surface area contributed by atoms with Gasteiger partial charge in [0.25, 0.3) is 0 Å². The smallest absolute Gasteiger partial charge is 0.130 e. The van der Waals surface area contributed by atoms with E-state index < -0.39 is 0 Å². The van der Waals surface area contributed by atoms with Gasteiger partial charge in [0.05, 0.1) is 18.5 Å². The molecule has 1 heterocycles. The summed E-state index contributed by atoms with van der Waals surface area (Å²) in [7, 11) is 3.55. The second-order valence-electron chi connectivity index (χ2n) is 4.11. The molecule has 2 aromatic rings. The highest BCUT2D eigenvalue weighted by Crippen LogP contribution is 2.17. The van der Waals surface area contributed by atoms with Crippen LogP contribution in [-0.4, -0.2) is 19.1 Å². The molecule has 19 heavy (non-hydrogen) atoms. The van der Waals surface area contributed by atoms with Gasteiger partial charge in [-0.05, 0) is 43.4 Å². The van der Waals surface area contributed by atoms with Crippen molar-refractivity contribution in [1.29, 1.82) is 0 Å². The van der Waals surface area contributed by atoms with Gasteiger partial charge in [-0.1, -0.05) is 6.07 Å². The van der Waals surface area contributed by atoms with Gasteiger partial charge in [-0.3, -0.25) is 4.98 Å². The molecule has 0 unspecified atom stereocenters. The molecule has 0 bridgehead atoms. The summed E-state index contributed by atoms with van der Waals surface area (Å²) >= 11 is 0. The molecule has 0 fully saturated rings. The first-order valence-electron chi connectivity index (χ1n) is 6.18. The zero-order valence-electron chi connectivity index (χ0n) is 11.2. The molecule has 100 valence electrons. The Morgan fingerprint density at radius 2 is 1.68 bits per heavy atom. The first-order valence-corrected chi connectivity index (χ1v) is 6.18. The van der Waals surface area contributed by atoms with Gasteiger partial charge >= 0.3 is 0 Å². The van der Waals surface area contributed by atoms with Crippen LogP contribution < -0.4 is 14.8 Å². The number of ether oxygens (including phenoxy) is 2. The van der Waals surface area contributed by atoms with Crippen molar-refractivity contribution in [3.05, 3.63) is 53.9 Å². The van der Waals surface area contributed by atoms with Gasteiger partial charge in [-0.15, -0.1) is 0 Å². The molecule has 0 radical (unpaired) electrons. The van der Waals surface area contributed by atoms with Crippen molar-refractivity contribution in [2.75, 3.05) is 14.2 Å². The number of nitrogens with zero attached hydrogens (tertiary/aromatic N) is 1. The van der Waals surface area contributed by atoms with Crippen molar-refractivity contribution >= 4 is 0 Å². The third-order valence-electron chi connectivity index (χ3n) is 2.67. The van der Waals surface area contributed by atoms with Gasteiger partial charge < -0.3 is 14.8 Å². The number of benzene rings is 1. The minimum Gasteiger partial charge on any atom is -0.497 e. The zero-order chi connectivity index (χ0) is 13.5. The first-order chi connectivity index (χ1) is 9.31. The normalized spacial score (nSPS) is 10.2. The number of rotatable bonds is 6. The summed E-state index contributed by atoms with van der Waals surface area (Å²) in [6, 6.07) is 13.5. The van der Waals surface area contributed by atoms with Crippen LogP contribution in [0.15, 0.2) is 42.5 Å². The highest BCUT2D eigenvalue weighted by molar-refractivity contribution is 5.31. The minimum absolute atomic E-state index is 0.462. The maximum Gasteiger partial charge on any atom is 0.130 e. The van der Waals surface area contributed by atoms with Crippen molar-refractivity contribution in [2.24, 2.45) is 0 Å². The lowest BCUT2D eigenvalue weighted by molar-refractivity contribution is 0.300. The maximum atomic E-state index is 5.69. The van der Waals surface area contributed by atoms with E-state index >= 15 is 0 Å². The van der Waals surface area contributed by atoms with Gasteiger partial charge in [-0.25, -0.2) is 0 Å². The van der Waals surface area contributed by atoms with Gasteiger partial charge in [-0.2, -0.15) is 0 Å². The average Bonchev–Trinajstić information content (AvgIpc) is 2.46. The molecule has 0 aliphatic rings. The highest BCUT2D eigenvalue weighted by Gasteiger charge is 2.00.